The number of rotatable bonds is 4. The van der Waals surface area contributed by atoms with E-state index in [2.05, 4.69) is 130 Å². The van der Waals surface area contributed by atoms with Gasteiger partial charge in [0.15, 0.2) is 0 Å². The van der Waals surface area contributed by atoms with Gasteiger partial charge in [-0.2, -0.15) is 6.07 Å². The maximum atomic E-state index is 9.51. The van der Waals surface area contributed by atoms with Crippen LogP contribution in [0, 0.1) is 32.9 Å². The molecule has 4 aromatic heterocycles. The SMILES string of the molecule is [2H]C1([2H])c2c(ccc(C)c2C)[C@@]2(C)N=C(c3[c-]c(-n4c5[c-]c(-n6c7ccc(C(C)(C)C)cc7c7cccnc76)ccc5c5cc(C)ccc54)cc(C(C)C)n3)O[C@@]12C.[Pt+2]. The molecule has 2 aliphatic rings. The molecule has 6 nitrogen and oxygen atoms in total. The number of pyridine rings is 2. The maximum absolute atomic E-state index is 9.51. The van der Waals surface area contributed by atoms with E-state index in [1.54, 1.807) is 0 Å². The van der Waals surface area contributed by atoms with E-state index in [9.17, 15) is 2.74 Å². The van der Waals surface area contributed by atoms with Gasteiger partial charge in [-0.05, 0) is 115 Å². The van der Waals surface area contributed by atoms with Crippen molar-refractivity contribution in [1.29, 1.82) is 0 Å². The van der Waals surface area contributed by atoms with Crippen molar-refractivity contribution in [3.8, 4) is 11.4 Å². The van der Waals surface area contributed by atoms with Gasteiger partial charge in [0, 0.05) is 37.3 Å². The topological polar surface area (TPSA) is 57.2 Å². The van der Waals surface area contributed by atoms with Gasteiger partial charge in [-0.1, -0.05) is 87.4 Å². The van der Waals surface area contributed by atoms with Gasteiger partial charge in [0.1, 0.15) is 22.7 Å². The van der Waals surface area contributed by atoms with Crippen LogP contribution in [0.25, 0.3) is 55.1 Å². The number of fused-ring (bicyclic) bond motifs is 9. The molecule has 2 atom stereocenters. The second-order valence-electron chi connectivity index (χ2n) is 17.5. The Morgan fingerprint density at radius 1 is 0.825 bits per heavy atom. The molecule has 0 saturated carbocycles. The van der Waals surface area contributed by atoms with E-state index in [0.717, 1.165) is 77.5 Å². The van der Waals surface area contributed by atoms with Crippen molar-refractivity contribution in [3.05, 3.63) is 142 Å². The summed E-state index contributed by atoms with van der Waals surface area (Å²) < 4.78 is 30.3. The standard InChI is InChI=1S/C50H47N5O.Pt/c1-28(2)41-24-34(25-42(52-41)47-53-50(10)40-18-14-30(4)31(5)39(40)27-49(50,9)56-47)54-43-19-13-29(3)22-37(43)35-17-16-33(26-45(35)54)55-44-20-15-32(48(6,7)8)23-38(44)36-12-11-21-51-46(36)55;/h11-24,28H,27H2,1-10H3;/q-2;+2/t49-,50+;/m0./s1/i27D2;. The van der Waals surface area contributed by atoms with Gasteiger partial charge < -0.3 is 13.9 Å². The second kappa shape index (κ2) is 12.7. The summed E-state index contributed by atoms with van der Waals surface area (Å²) in [4.78, 5) is 15.3. The van der Waals surface area contributed by atoms with Crippen LogP contribution in [0.1, 0.15) is 102 Å². The number of ether oxygens (including phenoxy) is 1. The molecule has 57 heavy (non-hydrogen) atoms. The first-order chi connectivity index (χ1) is 27.4. The van der Waals surface area contributed by atoms with Crippen LogP contribution < -0.4 is 0 Å². The zero-order valence-corrected chi connectivity index (χ0v) is 36.4. The molecule has 0 saturated heterocycles. The summed E-state index contributed by atoms with van der Waals surface area (Å²) in [6, 6.07) is 35.5. The van der Waals surface area contributed by atoms with E-state index >= 15 is 0 Å². The third-order valence-electron chi connectivity index (χ3n) is 12.4. The van der Waals surface area contributed by atoms with E-state index in [1.165, 1.54) is 11.1 Å². The van der Waals surface area contributed by atoms with Crippen LogP contribution >= 0.6 is 0 Å². The predicted molar refractivity (Wildman–Crippen MR) is 229 cm³/mol. The van der Waals surface area contributed by atoms with Crippen LogP contribution in [0.4, 0.5) is 0 Å². The third-order valence-corrected chi connectivity index (χ3v) is 12.4. The van der Waals surface area contributed by atoms with Crippen molar-refractivity contribution < 1.29 is 28.5 Å². The molecule has 0 bridgehead atoms. The van der Waals surface area contributed by atoms with Crippen LogP contribution in [0.3, 0.4) is 0 Å². The number of aryl methyl sites for hydroxylation is 2. The van der Waals surface area contributed by atoms with Crippen LogP contribution in [0.15, 0.2) is 90.1 Å². The third kappa shape index (κ3) is 5.43. The number of hydrogen-bond acceptors (Lipinski definition) is 4. The van der Waals surface area contributed by atoms with Gasteiger partial charge in [-0.25, -0.2) is 4.98 Å². The molecule has 0 fully saturated rings. The summed E-state index contributed by atoms with van der Waals surface area (Å²) in [5, 5.41) is 4.45. The second-order valence-corrected chi connectivity index (χ2v) is 17.5. The monoisotopic (exact) mass is 930 g/mol. The molecule has 1 aliphatic carbocycles. The average molecular weight is 931 g/mol. The van der Waals surface area contributed by atoms with Crippen molar-refractivity contribution in [1.82, 2.24) is 19.1 Å². The Hall–Kier alpha value is -5.06. The number of nitrogens with zero attached hydrogens (tertiary/aromatic N) is 5. The Balaban J connectivity index is 0.00000449. The van der Waals surface area contributed by atoms with E-state index in [0.29, 0.717) is 17.2 Å². The van der Waals surface area contributed by atoms with Gasteiger partial charge in [-0.15, -0.1) is 29.7 Å². The zero-order valence-electron chi connectivity index (χ0n) is 36.1. The van der Waals surface area contributed by atoms with Crippen molar-refractivity contribution in [2.45, 2.75) is 98.1 Å². The van der Waals surface area contributed by atoms with Crippen molar-refractivity contribution in [2.75, 3.05) is 0 Å². The summed E-state index contributed by atoms with van der Waals surface area (Å²) in [5.74, 6) is 0.378. The molecule has 5 heterocycles. The molecule has 0 N–H and O–H groups in total. The zero-order chi connectivity index (χ0) is 40.8. The molecular weight excluding hydrogens is 882 g/mol. The fourth-order valence-corrected chi connectivity index (χ4v) is 8.80. The van der Waals surface area contributed by atoms with E-state index in [1.807, 2.05) is 46.0 Å². The van der Waals surface area contributed by atoms with Crippen LogP contribution in [0.2, 0.25) is 0 Å². The van der Waals surface area contributed by atoms with E-state index in [4.69, 9.17) is 19.7 Å². The van der Waals surface area contributed by atoms with Gasteiger partial charge in [-0.3, -0.25) is 9.98 Å². The Kier molecular flexibility index (Phi) is 7.84. The fraction of sp³-hybridized carbons (Fsp3) is 0.300. The summed E-state index contributed by atoms with van der Waals surface area (Å²) >= 11 is 0. The Labute approximate surface area is 352 Å². The predicted octanol–water partition coefficient (Wildman–Crippen LogP) is 11.6. The molecule has 10 rings (SSSR count). The molecular formula is C50H47N5OPt. The summed E-state index contributed by atoms with van der Waals surface area (Å²) in [6.45, 7) is 21.0. The normalized spacial score (nSPS) is 20.4. The van der Waals surface area contributed by atoms with Crippen LogP contribution in [-0.4, -0.2) is 30.6 Å². The van der Waals surface area contributed by atoms with Crippen molar-refractivity contribution in [2.24, 2.45) is 4.99 Å². The number of aromatic nitrogens is 4. The summed E-state index contributed by atoms with van der Waals surface area (Å²) in [5.41, 5.74) is 10.6. The number of aliphatic imine (C=N–C) groups is 1. The van der Waals surface area contributed by atoms with Crippen LogP contribution in [0.5, 0.6) is 0 Å². The van der Waals surface area contributed by atoms with Crippen LogP contribution in [-0.2, 0) is 43.1 Å². The molecule has 4 aromatic carbocycles. The summed E-state index contributed by atoms with van der Waals surface area (Å²) in [7, 11) is 0. The Morgan fingerprint density at radius 2 is 1.58 bits per heavy atom. The number of hydrogen-bond donors (Lipinski definition) is 0. The fourth-order valence-electron chi connectivity index (χ4n) is 8.80. The van der Waals surface area contributed by atoms with E-state index in [-0.39, 0.29) is 32.4 Å². The molecule has 7 heteroatoms. The minimum atomic E-state index is -1.80. The van der Waals surface area contributed by atoms with Gasteiger partial charge in [0.05, 0.1) is 5.52 Å². The van der Waals surface area contributed by atoms with Gasteiger partial charge in [0.2, 0.25) is 0 Å². The van der Waals surface area contributed by atoms with Crippen molar-refractivity contribution >= 4 is 49.6 Å². The number of benzene rings is 4. The maximum Gasteiger partial charge on any atom is 2.00 e. The van der Waals surface area contributed by atoms with Gasteiger partial charge in [0.25, 0.3) is 0 Å². The Morgan fingerprint density at radius 3 is 2.35 bits per heavy atom. The largest absolute Gasteiger partial charge is 2.00 e. The van der Waals surface area contributed by atoms with Crippen molar-refractivity contribution in [3.63, 3.8) is 0 Å². The molecule has 0 radical (unpaired) electrons. The minimum Gasteiger partial charge on any atom is -0.524 e. The first-order valence-electron chi connectivity index (χ1n) is 20.6. The molecule has 1 aliphatic heterocycles. The molecule has 8 aromatic rings. The Bertz CT molecular complexity index is 3120. The molecule has 0 amide bonds. The molecule has 0 unspecified atom stereocenters. The first-order valence-corrected chi connectivity index (χ1v) is 19.6. The molecule has 288 valence electrons. The van der Waals surface area contributed by atoms with E-state index < -0.39 is 17.5 Å². The van der Waals surface area contributed by atoms with Gasteiger partial charge >= 0.3 is 21.1 Å². The molecule has 0 spiro atoms. The summed E-state index contributed by atoms with van der Waals surface area (Å²) in [6.07, 6.45) is 0.0552. The first kappa shape index (κ1) is 35.1. The minimum absolute atomic E-state index is 0. The smallest absolute Gasteiger partial charge is 0.524 e. The quantitative estimate of drug-likeness (QED) is 0.165. The average Bonchev–Trinajstić information content (AvgIpc) is 3.82.